The van der Waals surface area contributed by atoms with Crippen LogP contribution < -0.4 is 14.2 Å². The van der Waals surface area contributed by atoms with Gasteiger partial charge in [-0.15, -0.1) is 0 Å². The highest BCUT2D eigenvalue weighted by atomic mass is 16.7. The molecule has 15 nitrogen and oxygen atoms in total. The Bertz CT molecular complexity index is 1330. The van der Waals surface area contributed by atoms with Crippen LogP contribution in [0.4, 0.5) is 0 Å². The molecule has 4 rings (SSSR count). The van der Waals surface area contributed by atoms with Crippen LogP contribution in [0.5, 0.6) is 28.7 Å². The van der Waals surface area contributed by atoms with Crippen LogP contribution in [0.2, 0.25) is 0 Å². The number of carbonyl (C=O) groups excluding carboxylic acids is 1. The van der Waals surface area contributed by atoms with Crippen LogP contribution in [0.25, 0.3) is 6.08 Å². The number of aliphatic hydroxyl groups is 6. The van der Waals surface area contributed by atoms with Gasteiger partial charge in [0.2, 0.25) is 6.29 Å². The molecule has 0 bridgehead atoms. The maximum atomic E-state index is 12.9. The van der Waals surface area contributed by atoms with E-state index in [0.717, 1.165) is 12.1 Å². The first-order chi connectivity index (χ1) is 20.9. The van der Waals surface area contributed by atoms with Gasteiger partial charge in [-0.25, -0.2) is 0 Å². The van der Waals surface area contributed by atoms with Gasteiger partial charge < -0.3 is 69.3 Å². The van der Waals surface area contributed by atoms with E-state index in [1.807, 2.05) is 0 Å². The lowest BCUT2D eigenvalue weighted by molar-refractivity contribution is -0.318. The molecule has 0 radical (unpaired) electrons. The van der Waals surface area contributed by atoms with E-state index < -0.39 is 79.6 Å². The molecule has 8 N–H and O–H groups in total. The first-order valence-corrected chi connectivity index (χ1v) is 13.5. The third-order valence-electron chi connectivity index (χ3n) is 7.31. The molecule has 242 valence electrons. The van der Waals surface area contributed by atoms with Crippen molar-refractivity contribution >= 4 is 11.9 Å². The fourth-order valence-corrected chi connectivity index (χ4v) is 4.75. The summed E-state index contributed by atoms with van der Waals surface area (Å²) in [7, 11) is 2.65. The predicted octanol–water partition coefficient (Wildman–Crippen LogP) is -0.958. The molecule has 2 saturated heterocycles. The zero-order valence-electron chi connectivity index (χ0n) is 24.0. The Morgan fingerprint density at radius 2 is 1.45 bits per heavy atom. The maximum Gasteiger partial charge on any atom is 0.229 e. The van der Waals surface area contributed by atoms with E-state index in [0.29, 0.717) is 5.56 Å². The minimum atomic E-state index is -1.77. The number of hydrogen-bond acceptors (Lipinski definition) is 15. The number of allylic oxidation sites excluding steroid dienone is 1. The van der Waals surface area contributed by atoms with Gasteiger partial charge in [0.25, 0.3) is 0 Å². The average Bonchev–Trinajstić information content (AvgIpc) is 3.00. The zero-order chi connectivity index (χ0) is 32.3. The molecular formula is C29H36O15. The van der Waals surface area contributed by atoms with Crippen LogP contribution >= 0.6 is 0 Å². The highest BCUT2D eigenvalue weighted by molar-refractivity contribution is 6.10. The topological polar surface area (TPSA) is 234 Å². The van der Waals surface area contributed by atoms with Crippen LogP contribution in [0.15, 0.2) is 36.4 Å². The monoisotopic (exact) mass is 624 g/mol. The number of ether oxygens (including phenoxy) is 6. The van der Waals surface area contributed by atoms with E-state index in [9.17, 15) is 45.6 Å². The number of benzene rings is 2. The van der Waals surface area contributed by atoms with Gasteiger partial charge in [-0.2, -0.15) is 0 Å². The molecule has 0 spiro atoms. The fraction of sp³-hybridized carbons (Fsp3) is 0.483. The summed E-state index contributed by atoms with van der Waals surface area (Å²) in [6.45, 7) is 0.958. The molecule has 2 aliphatic rings. The van der Waals surface area contributed by atoms with Gasteiger partial charge in [0, 0.05) is 12.1 Å². The van der Waals surface area contributed by atoms with Crippen LogP contribution in [-0.4, -0.2) is 129 Å². The fourth-order valence-electron chi connectivity index (χ4n) is 4.75. The SMILES string of the molecule is COc1ccc(/C=C/C(=O)c2c(O)cc(O[C@@H]3O[C@H](CO[C@H]4O[C@@H](C)[C@H](O)[C@@H](O)[C@H]4O)[C@@H](O)[C@H](O)[C@H]3O)cc2OC)cc1O. The van der Waals surface area contributed by atoms with Gasteiger partial charge in [0.15, 0.2) is 23.6 Å². The summed E-state index contributed by atoms with van der Waals surface area (Å²) in [6.07, 6.45) is -12.4. The number of carbonyl (C=O) groups is 1. The van der Waals surface area contributed by atoms with Crippen LogP contribution in [0.3, 0.4) is 0 Å². The summed E-state index contributed by atoms with van der Waals surface area (Å²) in [5.74, 6) is -1.31. The van der Waals surface area contributed by atoms with E-state index >= 15 is 0 Å². The second-order valence-electron chi connectivity index (χ2n) is 10.3. The highest BCUT2D eigenvalue weighted by Gasteiger charge is 2.47. The second-order valence-corrected chi connectivity index (χ2v) is 10.3. The summed E-state index contributed by atoms with van der Waals surface area (Å²) in [5.41, 5.74) is 0.263. The first kappa shape index (κ1) is 33.4. The number of hydrogen-bond donors (Lipinski definition) is 8. The lowest BCUT2D eigenvalue weighted by atomic mass is 9.98. The van der Waals surface area contributed by atoms with Crippen molar-refractivity contribution in [3.05, 3.63) is 47.5 Å². The van der Waals surface area contributed by atoms with Gasteiger partial charge in [0.05, 0.1) is 26.9 Å². The van der Waals surface area contributed by atoms with Gasteiger partial charge >= 0.3 is 0 Å². The molecule has 0 amide bonds. The molecule has 15 heteroatoms. The minimum absolute atomic E-state index is 0.101. The maximum absolute atomic E-state index is 12.9. The normalized spacial score (nSPS) is 32.4. The Hall–Kier alpha value is -3.51. The zero-order valence-corrected chi connectivity index (χ0v) is 24.0. The molecule has 44 heavy (non-hydrogen) atoms. The molecule has 2 aromatic carbocycles. The average molecular weight is 625 g/mol. The Morgan fingerprint density at radius 3 is 2.11 bits per heavy atom. The number of aromatic hydroxyl groups is 2. The van der Waals surface area contributed by atoms with Crippen molar-refractivity contribution in [1.82, 2.24) is 0 Å². The van der Waals surface area contributed by atoms with Crippen molar-refractivity contribution in [2.75, 3.05) is 20.8 Å². The van der Waals surface area contributed by atoms with Gasteiger partial charge in [-0.05, 0) is 30.7 Å². The van der Waals surface area contributed by atoms with Crippen molar-refractivity contribution in [2.45, 2.75) is 68.3 Å². The summed E-state index contributed by atoms with van der Waals surface area (Å²) < 4.78 is 32.3. The standard InChI is InChI=1S/C29H36O15/c1-12-22(33)24(35)26(37)28(42-12)41-11-20-23(34)25(36)27(38)29(44-20)43-14-9-17(32)21(19(10-14)40-3)15(30)6-4-13-5-7-18(39-2)16(31)8-13/h4-10,12,20,22-29,31-38H,11H2,1-3H3/b6-4+/t12-,20+,22-,23+,24+,25-,26+,27+,28-,29+/m0/s1. The Balaban J connectivity index is 1.46. The number of phenols is 2. The lowest BCUT2D eigenvalue weighted by Gasteiger charge is -2.42. The molecule has 0 unspecified atom stereocenters. The second kappa shape index (κ2) is 14.1. The molecule has 0 aromatic heterocycles. The van der Waals surface area contributed by atoms with Crippen molar-refractivity contribution in [3.63, 3.8) is 0 Å². The molecule has 0 aliphatic carbocycles. The third-order valence-corrected chi connectivity index (χ3v) is 7.31. The Morgan fingerprint density at radius 1 is 0.795 bits per heavy atom. The van der Waals surface area contributed by atoms with Crippen molar-refractivity contribution in [2.24, 2.45) is 0 Å². The minimum Gasteiger partial charge on any atom is -0.507 e. The summed E-state index contributed by atoms with van der Waals surface area (Å²) in [4.78, 5) is 12.9. The first-order valence-electron chi connectivity index (χ1n) is 13.5. The Labute approximate surface area is 251 Å². The number of phenolic OH excluding ortho intramolecular Hbond substituents is 2. The quantitative estimate of drug-likeness (QED) is 0.117. The summed E-state index contributed by atoms with van der Waals surface area (Å²) in [6, 6.07) is 6.80. The van der Waals surface area contributed by atoms with E-state index in [1.165, 1.54) is 45.4 Å². The highest BCUT2D eigenvalue weighted by Crippen LogP contribution is 2.36. The predicted molar refractivity (Wildman–Crippen MR) is 148 cm³/mol. The molecule has 2 aliphatic heterocycles. The van der Waals surface area contributed by atoms with Gasteiger partial charge in [-0.3, -0.25) is 4.79 Å². The van der Waals surface area contributed by atoms with E-state index in [4.69, 9.17) is 28.4 Å². The van der Waals surface area contributed by atoms with Crippen molar-refractivity contribution < 1.29 is 74.1 Å². The van der Waals surface area contributed by atoms with Crippen LogP contribution in [0, 0.1) is 0 Å². The third kappa shape index (κ3) is 7.07. The number of methoxy groups -OCH3 is 2. The van der Waals surface area contributed by atoms with Crippen LogP contribution in [-0.2, 0) is 14.2 Å². The van der Waals surface area contributed by atoms with Gasteiger partial charge in [0.1, 0.15) is 65.5 Å². The number of ketones is 1. The largest absolute Gasteiger partial charge is 0.507 e. The van der Waals surface area contributed by atoms with E-state index in [2.05, 4.69) is 0 Å². The van der Waals surface area contributed by atoms with Crippen LogP contribution in [0.1, 0.15) is 22.8 Å². The van der Waals surface area contributed by atoms with E-state index in [-0.39, 0.29) is 28.6 Å². The van der Waals surface area contributed by atoms with Crippen molar-refractivity contribution in [1.29, 1.82) is 0 Å². The number of aliphatic hydroxyl groups excluding tert-OH is 6. The molecule has 0 saturated carbocycles. The molecule has 2 fully saturated rings. The molecule has 2 aromatic rings. The molecule has 10 atom stereocenters. The summed E-state index contributed by atoms with van der Waals surface area (Å²) in [5, 5.41) is 82.0. The van der Waals surface area contributed by atoms with Crippen molar-refractivity contribution in [3.8, 4) is 28.7 Å². The molecular weight excluding hydrogens is 588 g/mol. The summed E-state index contributed by atoms with van der Waals surface area (Å²) >= 11 is 0. The van der Waals surface area contributed by atoms with E-state index in [1.54, 1.807) is 6.07 Å². The van der Waals surface area contributed by atoms with Gasteiger partial charge in [-0.1, -0.05) is 12.1 Å². The Kier molecular flexibility index (Phi) is 10.7. The number of rotatable bonds is 10. The lowest BCUT2D eigenvalue weighted by Crippen LogP contribution is -2.61. The smallest absolute Gasteiger partial charge is 0.229 e. The molecule has 2 heterocycles.